The van der Waals surface area contributed by atoms with Crippen LogP contribution in [0.15, 0.2) is 30.5 Å². The summed E-state index contributed by atoms with van der Waals surface area (Å²) < 4.78 is 41.9. The number of hydrogen-bond donors (Lipinski definition) is 2. The van der Waals surface area contributed by atoms with E-state index in [1.807, 2.05) is 11.8 Å². The van der Waals surface area contributed by atoms with Crippen molar-refractivity contribution in [3.05, 3.63) is 47.3 Å². The SMILES string of the molecule is Cc1nn(C)cc1NC(=O)CN1[C@H]2CCCCC(=O)N[C@@]2(C)C[C@H]1c1cccc(C(F)(F)F)c1. The third kappa shape index (κ3) is 4.96. The van der Waals surface area contributed by atoms with Crippen LogP contribution in [0, 0.1) is 6.92 Å². The highest BCUT2D eigenvalue weighted by atomic mass is 19.4. The van der Waals surface area contributed by atoms with Crippen LogP contribution in [-0.2, 0) is 22.8 Å². The Balaban J connectivity index is 1.67. The number of amides is 2. The van der Waals surface area contributed by atoms with Crippen molar-refractivity contribution in [2.24, 2.45) is 7.05 Å². The summed E-state index contributed by atoms with van der Waals surface area (Å²) in [5.41, 5.74) is 0.382. The van der Waals surface area contributed by atoms with Crippen molar-refractivity contribution in [3.63, 3.8) is 0 Å². The van der Waals surface area contributed by atoms with Crippen molar-refractivity contribution in [2.45, 2.75) is 69.8 Å². The van der Waals surface area contributed by atoms with Gasteiger partial charge >= 0.3 is 6.18 Å². The Kier molecular flexibility index (Phi) is 6.46. The van der Waals surface area contributed by atoms with Gasteiger partial charge in [0.05, 0.1) is 29.0 Å². The van der Waals surface area contributed by atoms with Crippen molar-refractivity contribution < 1.29 is 22.8 Å². The molecule has 34 heavy (non-hydrogen) atoms. The van der Waals surface area contributed by atoms with Gasteiger partial charge in [-0.15, -0.1) is 0 Å². The maximum atomic E-state index is 13.4. The summed E-state index contributed by atoms with van der Waals surface area (Å²) in [4.78, 5) is 27.5. The fourth-order valence-corrected chi connectivity index (χ4v) is 5.39. The molecule has 2 N–H and O–H groups in total. The average Bonchev–Trinajstić information content (AvgIpc) is 3.18. The normalized spacial score (nSPS) is 25.9. The number of aryl methyl sites for hydroxylation is 2. The predicted molar refractivity (Wildman–Crippen MR) is 121 cm³/mol. The van der Waals surface area contributed by atoms with Gasteiger partial charge in [0.25, 0.3) is 0 Å². The molecule has 0 spiro atoms. The molecule has 3 atom stereocenters. The quantitative estimate of drug-likeness (QED) is 0.699. The van der Waals surface area contributed by atoms with E-state index < -0.39 is 23.3 Å². The Hall–Kier alpha value is -2.88. The number of aromatic nitrogens is 2. The first kappa shape index (κ1) is 24.3. The second-order valence-electron chi connectivity index (χ2n) is 9.59. The number of alkyl halides is 3. The number of nitrogens with zero attached hydrogens (tertiary/aromatic N) is 3. The first-order valence-electron chi connectivity index (χ1n) is 11.5. The Bertz CT molecular complexity index is 1080. The number of nitrogens with one attached hydrogen (secondary N) is 2. The van der Waals surface area contributed by atoms with Crippen LogP contribution in [-0.4, -0.2) is 44.6 Å². The van der Waals surface area contributed by atoms with E-state index in [1.165, 1.54) is 6.07 Å². The minimum Gasteiger partial charge on any atom is -0.349 e. The van der Waals surface area contributed by atoms with Crippen LogP contribution < -0.4 is 10.6 Å². The number of carbonyl (C=O) groups is 2. The minimum absolute atomic E-state index is 0.00856. The number of benzene rings is 1. The Morgan fingerprint density at radius 3 is 2.76 bits per heavy atom. The van der Waals surface area contributed by atoms with E-state index in [-0.39, 0.29) is 24.4 Å². The molecular weight excluding hydrogens is 447 g/mol. The van der Waals surface area contributed by atoms with Crippen LogP contribution in [0.4, 0.5) is 18.9 Å². The van der Waals surface area contributed by atoms with E-state index in [0.29, 0.717) is 29.8 Å². The second-order valence-corrected chi connectivity index (χ2v) is 9.59. The standard InChI is InChI=1S/C24H30F3N5O2/c1-15-18(13-31(3)30-15)28-22(34)14-32-19(16-7-6-8-17(11-16)24(25,26)27)12-23(2)20(32)9-4-5-10-21(33)29-23/h6-8,11,13,19-20H,4-5,9-10,12,14H2,1-3H3,(H,28,34)(H,29,33)/t19-,20-,23-/m0/s1. The molecule has 10 heteroatoms. The molecule has 1 aromatic heterocycles. The molecule has 0 unspecified atom stereocenters. The van der Waals surface area contributed by atoms with Gasteiger partial charge in [-0.05, 0) is 50.8 Å². The molecule has 2 amide bonds. The van der Waals surface area contributed by atoms with Crippen LogP contribution in [0.5, 0.6) is 0 Å². The summed E-state index contributed by atoms with van der Waals surface area (Å²) in [6.07, 6.45) is 0.382. The molecular formula is C24H30F3N5O2. The van der Waals surface area contributed by atoms with Crippen molar-refractivity contribution in [1.29, 1.82) is 0 Å². The van der Waals surface area contributed by atoms with Gasteiger partial charge in [-0.1, -0.05) is 18.6 Å². The number of rotatable bonds is 4. The average molecular weight is 478 g/mol. The van der Waals surface area contributed by atoms with E-state index in [4.69, 9.17) is 0 Å². The van der Waals surface area contributed by atoms with Crippen LogP contribution in [0.2, 0.25) is 0 Å². The number of anilines is 1. The van der Waals surface area contributed by atoms with E-state index in [2.05, 4.69) is 15.7 Å². The van der Waals surface area contributed by atoms with E-state index >= 15 is 0 Å². The van der Waals surface area contributed by atoms with Crippen LogP contribution in [0.25, 0.3) is 0 Å². The van der Waals surface area contributed by atoms with Gasteiger partial charge in [-0.2, -0.15) is 18.3 Å². The molecule has 3 heterocycles. The molecule has 2 saturated heterocycles. The smallest absolute Gasteiger partial charge is 0.349 e. The Labute approximate surface area is 196 Å². The van der Waals surface area contributed by atoms with Gasteiger partial charge in [0.15, 0.2) is 0 Å². The van der Waals surface area contributed by atoms with E-state index in [0.717, 1.165) is 31.4 Å². The maximum absolute atomic E-state index is 13.4. The summed E-state index contributed by atoms with van der Waals surface area (Å²) in [5.74, 6) is -0.335. The van der Waals surface area contributed by atoms with Crippen molar-refractivity contribution in [3.8, 4) is 0 Å². The Morgan fingerprint density at radius 2 is 2.09 bits per heavy atom. The zero-order valence-electron chi connectivity index (χ0n) is 19.6. The number of carbonyl (C=O) groups excluding carboxylic acids is 2. The van der Waals surface area contributed by atoms with Crippen molar-refractivity contribution in [2.75, 3.05) is 11.9 Å². The molecule has 184 valence electrons. The maximum Gasteiger partial charge on any atom is 0.416 e. The summed E-state index contributed by atoms with van der Waals surface area (Å²) in [6.45, 7) is 3.72. The molecule has 0 saturated carbocycles. The predicted octanol–water partition coefficient (Wildman–Crippen LogP) is 3.95. The van der Waals surface area contributed by atoms with Crippen LogP contribution >= 0.6 is 0 Å². The van der Waals surface area contributed by atoms with Gasteiger partial charge in [-0.25, -0.2) is 0 Å². The molecule has 2 aliphatic heterocycles. The van der Waals surface area contributed by atoms with Crippen molar-refractivity contribution >= 4 is 17.5 Å². The molecule has 4 rings (SSSR count). The highest BCUT2D eigenvalue weighted by Gasteiger charge is 2.51. The molecule has 0 aliphatic carbocycles. The van der Waals surface area contributed by atoms with Gasteiger partial charge < -0.3 is 10.6 Å². The molecule has 0 radical (unpaired) electrons. The fourth-order valence-electron chi connectivity index (χ4n) is 5.39. The van der Waals surface area contributed by atoms with Crippen molar-refractivity contribution in [1.82, 2.24) is 20.0 Å². The zero-order valence-corrected chi connectivity index (χ0v) is 19.6. The summed E-state index contributed by atoms with van der Waals surface area (Å²) in [6, 6.07) is 4.64. The fraction of sp³-hybridized carbons (Fsp3) is 0.542. The summed E-state index contributed by atoms with van der Waals surface area (Å²) >= 11 is 0. The lowest BCUT2D eigenvalue weighted by Crippen LogP contribution is -2.56. The van der Waals surface area contributed by atoms with Gasteiger partial charge in [0, 0.05) is 31.7 Å². The monoisotopic (exact) mass is 477 g/mol. The number of fused-ring (bicyclic) bond motifs is 1. The molecule has 2 fully saturated rings. The lowest BCUT2D eigenvalue weighted by Gasteiger charge is -2.38. The topological polar surface area (TPSA) is 79.3 Å². The molecule has 0 bridgehead atoms. The number of likely N-dealkylation sites (tertiary alicyclic amines) is 1. The number of hydrogen-bond acceptors (Lipinski definition) is 4. The lowest BCUT2D eigenvalue weighted by atomic mass is 9.85. The summed E-state index contributed by atoms with van der Waals surface area (Å²) in [7, 11) is 1.76. The molecule has 1 aromatic carbocycles. The third-order valence-electron chi connectivity index (χ3n) is 6.92. The molecule has 2 aliphatic rings. The number of halogens is 3. The zero-order chi connectivity index (χ0) is 24.7. The largest absolute Gasteiger partial charge is 0.416 e. The first-order valence-corrected chi connectivity index (χ1v) is 11.5. The Morgan fingerprint density at radius 1 is 1.32 bits per heavy atom. The van der Waals surface area contributed by atoms with Gasteiger partial charge in [0.2, 0.25) is 11.8 Å². The van der Waals surface area contributed by atoms with Crippen LogP contribution in [0.3, 0.4) is 0 Å². The van der Waals surface area contributed by atoms with E-state index in [9.17, 15) is 22.8 Å². The molecule has 7 nitrogen and oxygen atoms in total. The van der Waals surface area contributed by atoms with Crippen LogP contribution in [0.1, 0.15) is 61.9 Å². The third-order valence-corrected chi connectivity index (χ3v) is 6.92. The van der Waals surface area contributed by atoms with Gasteiger partial charge in [-0.3, -0.25) is 19.2 Å². The lowest BCUT2D eigenvalue weighted by molar-refractivity contribution is -0.137. The molecule has 2 aromatic rings. The summed E-state index contributed by atoms with van der Waals surface area (Å²) in [5, 5.41) is 10.2. The second kappa shape index (κ2) is 9.05. The van der Waals surface area contributed by atoms with E-state index in [1.54, 1.807) is 30.9 Å². The first-order chi connectivity index (χ1) is 16.0. The highest BCUT2D eigenvalue weighted by molar-refractivity contribution is 5.92. The van der Waals surface area contributed by atoms with Gasteiger partial charge in [0.1, 0.15) is 0 Å². The highest BCUT2D eigenvalue weighted by Crippen LogP contribution is 2.45. The minimum atomic E-state index is -4.46.